The van der Waals surface area contributed by atoms with E-state index in [1.54, 1.807) is 0 Å². The zero-order chi connectivity index (χ0) is 31.6. The fourth-order valence-electron chi connectivity index (χ4n) is 4.67. The number of carbonyl (C=O) groups is 2. The minimum absolute atomic E-state index is 0.00713. The number of hydrogen-bond donors (Lipinski definition) is 3. The Morgan fingerprint density at radius 2 is 1.74 bits per heavy atom. The lowest BCUT2D eigenvalue weighted by molar-refractivity contribution is -0.145. The van der Waals surface area contributed by atoms with Gasteiger partial charge >= 0.3 is 12.4 Å². The smallest absolute Gasteiger partial charge is 0.369 e. The lowest BCUT2D eigenvalue weighted by Crippen LogP contribution is -2.37. The number of nitrogens with one attached hydrogen (secondary N) is 2. The molecule has 0 unspecified atom stereocenters. The summed E-state index contributed by atoms with van der Waals surface area (Å²) >= 11 is 0. The van der Waals surface area contributed by atoms with E-state index in [4.69, 9.17) is 0 Å². The first kappa shape index (κ1) is 32.1. The van der Waals surface area contributed by atoms with E-state index in [1.807, 2.05) is 5.32 Å². The number of fused-ring (bicyclic) bond motifs is 1. The van der Waals surface area contributed by atoms with Gasteiger partial charge in [-0.1, -0.05) is 0 Å². The summed E-state index contributed by atoms with van der Waals surface area (Å²) in [5.41, 5.74) is 0.107. The van der Waals surface area contributed by atoms with Crippen molar-refractivity contribution in [1.29, 1.82) is 0 Å². The number of carbonyl (C=O) groups excluding carboxylic acids is 2. The zero-order valence-corrected chi connectivity index (χ0v) is 22.3. The first-order valence-electron chi connectivity index (χ1n) is 13.2. The minimum atomic E-state index is -4.55. The van der Waals surface area contributed by atoms with E-state index in [2.05, 4.69) is 20.5 Å². The third kappa shape index (κ3) is 9.08. The Balaban J connectivity index is 1.53. The Labute approximate surface area is 238 Å². The van der Waals surface area contributed by atoms with Crippen molar-refractivity contribution >= 4 is 17.5 Å². The highest BCUT2D eigenvalue weighted by Crippen LogP contribution is 2.41. The van der Waals surface area contributed by atoms with Crippen LogP contribution in [-0.4, -0.2) is 59.6 Å². The van der Waals surface area contributed by atoms with Gasteiger partial charge in [0.1, 0.15) is 5.69 Å². The summed E-state index contributed by atoms with van der Waals surface area (Å²) in [4.78, 5) is 29.2. The van der Waals surface area contributed by atoms with Gasteiger partial charge in [-0.15, -0.1) is 0 Å². The van der Waals surface area contributed by atoms with Crippen molar-refractivity contribution < 1.29 is 49.8 Å². The van der Waals surface area contributed by atoms with E-state index in [0.717, 1.165) is 10.9 Å². The second-order valence-electron chi connectivity index (χ2n) is 10.3. The van der Waals surface area contributed by atoms with Crippen LogP contribution in [-0.2, 0) is 11.3 Å². The highest BCUT2D eigenvalue weighted by Gasteiger charge is 2.39. The molecule has 0 saturated heterocycles. The average Bonchev–Trinajstić information content (AvgIpc) is 3.55. The van der Waals surface area contributed by atoms with Crippen LogP contribution in [0.25, 0.3) is 5.65 Å². The van der Waals surface area contributed by atoms with Gasteiger partial charge in [-0.3, -0.25) is 14.3 Å². The number of aliphatic hydroxyl groups excluding tert-OH is 1. The number of amides is 2. The van der Waals surface area contributed by atoms with Gasteiger partial charge in [-0.2, -0.15) is 36.5 Å². The minimum Gasteiger partial charge on any atom is -0.369 e. The molecular formula is C25H27F8N7O3. The van der Waals surface area contributed by atoms with Crippen LogP contribution in [0.4, 0.5) is 35.1 Å². The molecule has 2 atom stereocenters. The van der Waals surface area contributed by atoms with Gasteiger partial charge in [0.25, 0.3) is 5.91 Å². The summed E-state index contributed by atoms with van der Waals surface area (Å²) in [5.74, 6) is -5.20. The van der Waals surface area contributed by atoms with Crippen LogP contribution in [0.1, 0.15) is 79.0 Å². The van der Waals surface area contributed by atoms with Crippen molar-refractivity contribution in [3.63, 3.8) is 0 Å². The standard InChI is InChI=1S/C25H27F8N7O3/c26-23(27)5-1-14(2-6-23)20(37-22(43)16-4-9-39(38-16)10-8-25(31,32)33)17-13-40-18(35-17)11-15(12-34-40)21(42)36-19(41)3-7-24(28,29)30/h4,9,11-14,20-21,42H,1-3,5-8,10H2,(H,36,41)(H,37,43)/t20-,21+/m0/s1. The van der Waals surface area contributed by atoms with Crippen LogP contribution in [0, 0.1) is 5.92 Å². The maximum absolute atomic E-state index is 13.9. The molecule has 3 N–H and O–H groups in total. The van der Waals surface area contributed by atoms with E-state index in [0.29, 0.717) is 0 Å². The first-order chi connectivity index (χ1) is 20.0. The number of imidazole rings is 1. The molecule has 0 spiro atoms. The Bertz CT molecular complexity index is 1430. The quantitative estimate of drug-likeness (QED) is 0.223. The van der Waals surface area contributed by atoms with E-state index < -0.39 is 86.9 Å². The van der Waals surface area contributed by atoms with Crippen molar-refractivity contribution in [3.05, 3.63) is 47.7 Å². The maximum atomic E-state index is 13.9. The second kappa shape index (κ2) is 12.4. The highest BCUT2D eigenvalue weighted by molar-refractivity contribution is 5.92. The number of nitrogens with zero attached hydrogens (tertiary/aromatic N) is 5. The Morgan fingerprint density at radius 1 is 1.07 bits per heavy atom. The number of alkyl halides is 8. The van der Waals surface area contributed by atoms with Crippen molar-refractivity contribution in [3.8, 4) is 0 Å². The SMILES string of the molecule is O=C(CCC(F)(F)F)N[C@H](O)c1cnn2cc([C@@H](NC(=O)c3ccn(CCC(F)(F)F)n3)C3CCC(F)(F)CC3)nc2c1. The number of rotatable bonds is 10. The summed E-state index contributed by atoms with van der Waals surface area (Å²) < 4.78 is 105. The van der Waals surface area contributed by atoms with Crippen LogP contribution >= 0.6 is 0 Å². The van der Waals surface area contributed by atoms with E-state index in [9.17, 15) is 49.8 Å². The molecule has 0 bridgehead atoms. The van der Waals surface area contributed by atoms with Crippen molar-refractivity contribution in [1.82, 2.24) is 35.0 Å². The van der Waals surface area contributed by atoms with E-state index in [-0.39, 0.29) is 35.4 Å². The largest absolute Gasteiger partial charge is 0.390 e. The zero-order valence-electron chi connectivity index (χ0n) is 22.3. The van der Waals surface area contributed by atoms with Gasteiger partial charge in [-0.25, -0.2) is 18.3 Å². The molecule has 0 aromatic carbocycles. The predicted molar refractivity (Wildman–Crippen MR) is 131 cm³/mol. The fourth-order valence-corrected chi connectivity index (χ4v) is 4.67. The molecule has 18 heteroatoms. The molecule has 10 nitrogen and oxygen atoms in total. The van der Waals surface area contributed by atoms with Crippen LogP contribution in [0.2, 0.25) is 0 Å². The van der Waals surface area contributed by atoms with Gasteiger partial charge in [-0.05, 0) is 30.9 Å². The van der Waals surface area contributed by atoms with Gasteiger partial charge in [0.2, 0.25) is 11.8 Å². The molecule has 236 valence electrons. The number of aromatic nitrogens is 5. The van der Waals surface area contributed by atoms with Crippen LogP contribution in [0.5, 0.6) is 0 Å². The summed E-state index contributed by atoms with van der Waals surface area (Å²) in [7, 11) is 0. The molecule has 2 amide bonds. The summed E-state index contributed by atoms with van der Waals surface area (Å²) in [5, 5.41) is 23.0. The molecule has 1 aliphatic carbocycles. The molecule has 0 aliphatic heterocycles. The molecule has 43 heavy (non-hydrogen) atoms. The lowest BCUT2D eigenvalue weighted by atomic mass is 9.81. The van der Waals surface area contributed by atoms with Gasteiger partial charge < -0.3 is 15.7 Å². The van der Waals surface area contributed by atoms with Crippen molar-refractivity contribution in [2.24, 2.45) is 5.92 Å². The third-order valence-electron chi connectivity index (χ3n) is 6.94. The Morgan fingerprint density at radius 3 is 2.40 bits per heavy atom. The number of aliphatic hydroxyl groups is 1. The monoisotopic (exact) mass is 625 g/mol. The van der Waals surface area contributed by atoms with Gasteiger partial charge in [0.15, 0.2) is 11.9 Å². The van der Waals surface area contributed by atoms with Crippen LogP contribution < -0.4 is 10.6 Å². The topological polar surface area (TPSA) is 126 Å². The second-order valence-corrected chi connectivity index (χ2v) is 10.3. The van der Waals surface area contributed by atoms with E-state index in [1.165, 1.54) is 29.0 Å². The molecule has 1 fully saturated rings. The normalized spacial score (nSPS) is 17.5. The van der Waals surface area contributed by atoms with E-state index >= 15 is 0 Å². The number of aryl methyl sites for hydroxylation is 1. The fraction of sp³-hybridized carbons (Fsp3) is 0.560. The van der Waals surface area contributed by atoms with Crippen LogP contribution in [0.15, 0.2) is 30.7 Å². The predicted octanol–water partition coefficient (Wildman–Crippen LogP) is 4.62. The highest BCUT2D eigenvalue weighted by atomic mass is 19.4. The Kier molecular flexibility index (Phi) is 9.27. The van der Waals surface area contributed by atoms with Crippen molar-refractivity contribution in [2.75, 3.05) is 0 Å². The van der Waals surface area contributed by atoms with Crippen molar-refractivity contribution in [2.45, 2.75) is 82.0 Å². The summed E-state index contributed by atoms with van der Waals surface area (Å²) in [6, 6.07) is 1.59. The molecular weight excluding hydrogens is 598 g/mol. The average molecular weight is 626 g/mol. The number of halogens is 8. The molecule has 0 radical (unpaired) electrons. The first-order valence-corrected chi connectivity index (χ1v) is 13.2. The molecule has 1 saturated carbocycles. The Hall–Kier alpha value is -3.83. The number of hydrogen-bond acceptors (Lipinski definition) is 6. The third-order valence-corrected chi connectivity index (χ3v) is 6.94. The summed E-state index contributed by atoms with van der Waals surface area (Å²) in [6.45, 7) is -0.507. The molecule has 1 aliphatic rings. The molecule has 3 aromatic heterocycles. The van der Waals surface area contributed by atoms with Crippen LogP contribution in [0.3, 0.4) is 0 Å². The molecule has 3 aromatic rings. The maximum Gasteiger partial charge on any atom is 0.390 e. The molecule has 3 heterocycles. The van der Waals surface area contributed by atoms with Gasteiger partial charge in [0, 0.05) is 37.6 Å². The molecule has 4 rings (SSSR count). The summed E-state index contributed by atoms with van der Waals surface area (Å²) in [6.07, 6.45) is -11.2. The van der Waals surface area contributed by atoms with Gasteiger partial charge in [0.05, 0.1) is 37.0 Å². The lowest BCUT2D eigenvalue weighted by Gasteiger charge is -2.33.